The van der Waals surface area contributed by atoms with Gasteiger partial charge in [-0.25, -0.2) is 0 Å². The first kappa shape index (κ1) is 11.9. The molecule has 3 heteroatoms. The van der Waals surface area contributed by atoms with Gasteiger partial charge in [0.15, 0.2) is 0 Å². The third-order valence-electron chi connectivity index (χ3n) is 2.26. The smallest absolute Gasteiger partial charge is 0.0827 e. The molecule has 0 aromatic carbocycles. The molecular formula is C11H19NOS. The molecule has 1 aliphatic heterocycles. The Balaban J connectivity index is 2.40. The second-order valence-corrected chi connectivity index (χ2v) is 4.43. The summed E-state index contributed by atoms with van der Waals surface area (Å²) in [6.45, 7) is 5.89. The second kappa shape index (κ2) is 7.17. The number of likely N-dealkylation sites (N-methyl/N-ethyl adjacent to an activating group) is 1. The number of ether oxygens (including phenoxy) is 1. The van der Waals surface area contributed by atoms with Crippen LogP contribution in [0.5, 0.6) is 0 Å². The lowest BCUT2D eigenvalue weighted by Gasteiger charge is -2.29. The van der Waals surface area contributed by atoms with Gasteiger partial charge in [0.05, 0.1) is 12.7 Å². The summed E-state index contributed by atoms with van der Waals surface area (Å²) in [6, 6.07) is 0.403. The fourth-order valence-electron chi connectivity index (χ4n) is 1.55. The fourth-order valence-corrected chi connectivity index (χ4v) is 2.49. The standard InChI is InChI=1S/C11H19NOS/c1-3-5-6-10(12-4-2)11-9-14-8-7-13-11/h10-12H,4,6-9H2,1-2H3. The van der Waals surface area contributed by atoms with E-state index >= 15 is 0 Å². The molecule has 0 radical (unpaired) electrons. The lowest BCUT2D eigenvalue weighted by molar-refractivity contribution is 0.0488. The average molecular weight is 213 g/mol. The van der Waals surface area contributed by atoms with Crippen LogP contribution < -0.4 is 5.32 Å². The molecule has 14 heavy (non-hydrogen) atoms. The number of thioether (sulfide) groups is 1. The molecule has 1 fully saturated rings. The van der Waals surface area contributed by atoms with Crippen molar-refractivity contribution in [2.45, 2.75) is 32.4 Å². The Morgan fingerprint density at radius 2 is 2.50 bits per heavy atom. The van der Waals surface area contributed by atoms with E-state index in [1.54, 1.807) is 0 Å². The van der Waals surface area contributed by atoms with Crippen molar-refractivity contribution in [3.63, 3.8) is 0 Å². The molecule has 1 heterocycles. The van der Waals surface area contributed by atoms with Crippen LogP contribution in [0.25, 0.3) is 0 Å². The predicted molar refractivity (Wildman–Crippen MR) is 62.6 cm³/mol. The van der Waals surface area contributed by atoms with Crippen molar-refractivity contribution in [1.82, 2.24) is 5.32 Å². The molecule has 1 rings (SSSR count). The van der Waals surface area contributed by atoms with Gasteiger partial charge in [-0.2, -0.15) is 11.8 Å². The Hall–Kier alpha value is -0.170. The summed E-state index contributed by atoms with van der Waals surface area (Å²) < 4.78 is 5.74. The molecule has 1 saturated heterocycles. The zero-order valence-electron chi connectivity index (χ0n) is 9.01. The number of hydrogen-bond donors (Lipinski definition) is 1. The van der Waals surface area contributed by atoms with Gasteiger partial charge in [-0.05, 0) is 13.5 Å². The van der Waals surface area contributed by atoms with Crippen LogP contribution in [-0.2, 0) is 4.74 Å². The van der Waals surface area contributed by atoms with Gasteiger partial charge >= 0.3 is 0 Å². The lowest BCUT2D eigenvalue weighted by atomic mass is 10.1. The average Bonchev–Trinajstić information content (AvgIpc) is 2.25. The summed E-state index contributed by atoms with van der Waals surface area (Å²) in [5, 5.41) is 3.45. The predicted octanol–water partition coefficient (Wildman–Crippen LogP) is 1.51. The van der Waals surface area contributed by atoms with Crippen LogP contribution in [-0.4, -0.2) is 36.8 Å². The highest BCUT2D eigenvalue weighted by molar-refractivity contribution is 7.99. The molecule has 80 valence electrons. The zero-order valence-corrected chi connectivity index (χ0v) is 9.82. The van der Waals surface area contributed by atoms with Crippen molar-refractivity contribution in [1.29, 1.82) is 0 Å². The number of rotatable bonds is 4. The normalized spacial score (nSPS) is 23.7. The zero-order chi connectivity index (χ0) is 10.2. The van der Waals surface area contributed by atoms with Gasteiger partial charge in [0.2, 0.25) is 0 Å². The van der Waals surface area contributed by atoms with Crippen molar-refractivity contribution >= 4 is 11.8 Å². The van der Waals surface area contributed by atoms with E-state index in [1.165, 1.54) is 0 Å². The minimum absolute atomic E-state index is 0.342. The van der Waals surface area contributed by atoms with Crippen LogP contribution in [0.3, 0.4) is 0 Å². The Morgan fingerprint density at radius 1 is 1.64 bits per heavy atom. The third-order valence-corrected chi connectivity index (χ3v) is 3.28. The Labute approximate surface area is 91.2 Å². The first-order valence-electron chi connectivity index (χ1n) is 5.20. The SMILES string of the molecule is CC#CCC(NCC)C1CSCCO1. The highest BCUT2D eigenvalue weighted by atomic mass is 32.2. The molecule has 0 bridgehead atoms. The second-order valence-electron chi connectivity index (χ2n) is 3.28. The van der Waals surface area contributed by atoms with E-state index in [-0.39, 0.29) is 0 Å². The van der Waals surface area contributed by atoms with Crippen molar-refractivity contribution < 1.29 is 4.74 Å². The number of hydrogen-bond acceptors (Lipinski definition) is 3. The highest BCUT2D eigenvalue weighted by Gasteiger charge is 2.23. The van der Waals surface area contributed by atoms with Crippen LogP contribution in [0.1, 0.15) is 20.3 Å². The largest absolute Gasteiger partial charge is 0.375 e. The van der Waals surface area contributed by atoms with Gasteiger partial charge in [0.1, 0.15) is 0 Å². The summed E-state index contributed by atoms with van der Waals surface area (Å²) in [5.41, 5.74) is 0. The molecule has 2 nitrogen and oxygen atoms in total. The van der Waals surface area contributed by atoms with Crippen LogP contribution in [0, 0.1) is 11.8 Å². The topological polar surface area (TPSA) is 21.3 Å². The first-order chi connectivity index (χ1) is 6.88. The van der Waals surface area contributed by atoms with Crippen LogP contribution in [0.4, 0.5) is 0 Å². The van der Waals surface area contributed by atoms with Crippen molar-refractivity contribution in [3.05, 3.63) is 0 Å². The van der Waals surface area contributed by atoms with Gasteiger partial charge in [0.25, 0.3) is 0 Å². The molecule has 0 aliphatic carbocycles. The van der Waals surface area contributed by atoms with Crippen molar-refractivity contribution in [3.8, 4) is 11.8 Å². The lowest BCUT2D eigenvalue weighted by Crippen LogP contribution is -2.44. The maximum Gasteiger partial charge on any atom is 0.0827 e. The highest BCUT2D eigenvalue weighted by Crippen LogP contribution is 2.16. The van der Waals surface area contributed by atoms with Gasteiger partial charge < -0.3 is 10.1 Å². The Morgan fingerprint density at radius 3 is 3.07 bits per heavy atom. The summed E-state index contributed by atoms with van der Waals surface area (Å²) in [6.07, 6.45) is 1.24. The molecule has 0 aromatic rings. The molecule has 0 amide bonds. The molecule has 1 N–H and O–H groups in total. The van der Waals surface area contributed by atoms with E-state index in [0.717, 1.165) is 31.1 Å². The van der Waals surface area contributed by atoms with E-state index < -0.39 is 0 Å². The van der Waals surface area contributed by atoms with Crippen LogP contribution >= 0.6 is 11.8 Å². The first-order valence-corrected chi connectivity index (χ1v) is 6.36. The summed E-state index contributed by atoms with van der Waals surface area (Å²) in [7, 11) is 0. The van der Waals surface area contributed by atoms with Gasteiger partial charge in [0, 0.05) is 24.0 Å². The van der Waals surface area contributed by atoms with E-state index in [0.29, 0.717) is 12.1 Å². The fraction of sp³-hybridized carbons (Fsp3) is 0.818. The molecule has 0 saturated carbocycles. The van der Waals surface area contributed by atoms with Crippen LogP contribution in [0.2, 0.25) is 0 Å². The Bertz CT molecular complexity index is 203. The number of nitrogens with one attached hydrogen (secondary N) is 1. The summed E-state index contributed by atoms with van der Waals surface area (Å²) in [5.74, 6) is 8.31. The molecule has 2 atom stereocenters. The summed E-state index contributed by atoms with van der Waals surface area (Å²) in [4.78, 5) is 0. The van der Waals surface area contributed by atoms with E-state index in [4.69, 9.17) is 4.74 Å². The third kappa shape index (κ3) is 3.91. The summed E-state index contributed by atoms with van der Waals surface area (Å²) >= 11 is 1.98. The molecular weight excluding hydrogens is 194 g/mol. The van der Waals surface area contributed by atoms with E-state index in [1.807, 2.05) is 18.7 Å². The molecule has 1 aliphatic rings. The van der Waals surface area contributed by atoms with Crippen molar-refractivity contribution in [2.75, 3.05) is 24.7 Å². The van der Waals surface area contributed by atoms with Gasteiger partial charge in [-0.3, -0.25) is 0 Å². The maximum absolute atomic E-state index is 5.74. The van der Waals surface area contributed by atoms with Crippen LogP contribution in [0.15, 0.2) is 0 Å². The maximum atomic E-state index is 5.74. The minimum Gasteiger partial charge on any atom is -0.375 e. The van der Waals surface area contributed by atoms with E-state index in [2.05, 4.69) is 24.1 Å². The van der Waals surface area contributed by atoms with Gasteiger partial charge in [-0.1, -0.05) is 6.92 Å². The quantitative estimate of drug-likeness (QED) is 0.715. The van der Waals surface area contributed by atoms with Gasteiger partial charge in [-0.15, -0.1) is 11.8 Å². The van der Waals surface area contributed by atoms with Crippen molar-refractivity contribution in [2.24, 2.45) is 0 Å². The molecule has 2 unspecified atom stereocenters. The monoisotopic (exact) mass is 213 g/mol. The molecule has 0 aromatic heterocycles. The molecule has 0 spiro atoms. The Kier molecular flexibility index (Phi) is 6.09. The minimum atomic E-state index is 0.342. The van der Waals surface area contributed by atoms with E-state index in [9.17, 15) is 0 Å².